The molecule has 0 spiro atoms. The van der Waals surface area contributed by atoms with Crippen molar-refractivity contribution in [3.8, 4) is 11.1 Å². The van der Waals surface area contributed by atoms with Crippen LogP contribution < -0.4 is 21.3 Å². The zero-order valence-electron chi connectivity index (χ0n) is 25.8. The Balaban J connectivity index is 1.74. The molecule has 0 saturated heterocycles. The zero-order valence-corrected chi connectivity index (χ0v) is 25.8. The highest BCUT2D eigenvalue weighted by molar-refractivity contribution is 6.06. The van der Waals surface area contributed by atoms with Gasteiger partial charge in [0.05, 0.1) is 0 Å². The van der Waals surface area contributed by atoms with Gasteiger partial charge in [0, 0.05) is 11.4 Å². The molecule has 0 unspecified atom stereocenters. The summed E-state index contributed by atoms with van der Waals surface area (Å²) < 4.78 is 15.9. The molecule has 2 aromatic carbocycles. The van der Waals surface area contributed by atoms with Crippen molar-refractivity contribution in [3.05, 3.63) is 59.9 Å². The van der Waals surface area contributed by atoms with Crippen molar-refractivity contribution >= 4 is 35.6 Å². The SMILES string of the molecule is C=C(NC(=O)OC(C)(C)C)Nc1ccc2c(c1)Cc1cc(N/C(=N/C(=O)OC(C)(C)C)NC(=O)OC(C)(C)C)ccc1-2. The standard InChI is InChI=1S/C31H41N5O6/c1-18(33-26(37)40-29(2,3)4)32-21-11-13-23-19(16-21)15-20-17-22(12-14-24(20)23)34-25(35-27(38)41-30(5,6)7)36-28(39)42-31(8,9)10/h11-14,16-17,32H,1,15H2,2-10H3,(H,33,37)(H2,34,35,36,38,39). The highest BCUT2D eigenvalue weighted by Crippen LogP contribution is 2.39. The first-order chi connectivity index (χ1) is 19.3. The van der Waals surface area contributed by atoms with Crippen LogP contribution in [0.25, 0.3) is 11.1 Å². The van der Waals surface area contributed by atoms with Gasteiger partial charge >= 0.3 is 18.3 Å². The minimum Gasteiger partial charge on any atom is -0.444 e. The summed E-state index contributed by atoms with van der Waals surface area (Å²) in [7, 11) is 0. The molecular weight excluding hydrogens is 538 g/mol. The molecule has 1 aliphatic carbocycles. The molecule has 0 fully saturated rings. The molecule has 226 valence electrons. The van der Waals surface area contributed by atoms with Crippen molar-refractivity contribution < 1.29 is 28.6 Å². The molecule has 11 heteroatoms. The fourth-order valence-electron chi connectivity index (χ4n) is 4.00. The molecule has 0 bridgehead atoms. The number of aliphatic imine (C=N–C) groups is 1. The van der Waals surface area contributed by atoms with Crippen LogP contribution in [-0.2, 0) is 20.6 Å². The first-order valence-electron chi connectivity index (χ1n) is 13.6. The van der Waals surface area contributed by atoms with Crippen LogP contribution in [0, 0.1) is 0 Å². The summed E-state index contributed by atoms with van der Waals surface area (Å²) in [5.41, 5.74) is 3.47. The number of rotatable bonds is 4. The number of hydrogen-bond donors (Lipinski definition) is 4. The van der Waals surface area contributed by atoms with E-state index < -0.39 is 35.1 Å². The van der Waals surface area contributed by atoms with Crippen LogP contribution in [0.1, 0.15) is 73.4 Å². The molecule has 1 aliphatic rings. The molecule has 0 radical (unpaired) electrons. The summed E-state index contributed by atoms with van der Waals surface area (Å²) in [6.07, 6.45) is -1.59. The van der Waals surface area contributed by atoms with Gasteiger partial charge in [-0.2, -0.15) is 0 Å². The van der Waals surface area contributed by atoms with Gasteiger partial charge in [-0.25, -0.2) is 14.4 Å². The van der Waals surface area contributed by atoms with Crippen LogP contribution in [0.5, 0.6) is 0 Å². The lowest BCUT2D eigenvalue weighted by Gasteiger charge is -2.21. The molecule has 4 N–H and O–H groups in total. The molecule has 0 atom stereocenters. The van der Waals surface area contributed by atoms with Gasteiger partial charge in [0.15, 0.2) is 0 Å². The zero-order chi connectivity index (χ0) is 31.5. The summed E-state index contributed by atoms with van der Waals surface area (Å²) in [6, 6.07) is 11.6. The lowest BCUT2D eigenvalue weighted by molar-refractivity contribution is 0.0538. The maximum absolute atomic E-state index is 12.4. The third-order valence-corrected chi connectivity index (χ3v) is 5.31. The Morgan fingerprint density at radius 1 is 0.690 bits per heavy atom. The van der Waals surface area contributed by atoms with E-state index in [-0.39, 0.29) is 5.96 Å². The van der Waals surface area contributed by atoms with Crippen molar-refractivity contribution in [1.29, 1.82) is 0 Å². The van der Waals surface area contributed by atoms with Crippen LogP contribution >= 0.6 is 0 Å². The molecule has 0 saturated carbocycles. The summed E-state index contributed by atoms with van der Waals surface area (Å²) in [5.74, 6) is 0.164. The highest BCUT2D eigenvalue weighted by Gasteiger charge is 2.23. The molecule has 3 amide bonds. The number of guanidine groups is 1. The largest absolute Gasteiger partial charge is 0.444 e. The van der Waals surface area contributed by atoms with Crippen molar-refractivity contribution in [2.75, 3.05) is 10.6 Å². The van der Waals surface area contributed by atoms with E-state index in [9.17, 15) is 14.4 Å². The van der Waals surface area contributed by atoms with Gasteiger partial charge in [-0.3, -0.25) is 10.6 Å². The number of alkyl carbamates (subject to hydrolysis) is 2. The molecule has 3 rings (SSSR count). The Morgan fingerprint density at radius 3 is 1.62 bits per heavy atom. The van der Waals surface area contributed by atoms with E-state index in [2.05, 4.69) is 32.8 Å². The molecule has 0 aromatic heterocycles. The number of hydrogen-bond acceptors (Lipinski definition) is 7. The lowest BCUT2D eigenvalue weighted by atomic mass is 10.1. The fourth-order valence-corrected chi connectivity index (χ4v) is 4.00. The number of anilines is 2. The molecule has 11 nitrogen and oxygen atoms in total. The number of nitrogens with zero attached hydrogens (tertiary/aromatic N) is 1. The molecule has 42 heavy (non-hydrogen) atoms. The van der Waals surface area contributed by atoms with E-state index in [0.29, 0.717) is 17.9 Å². The Kier molecular flexibility index (Phi) is 9.24. The number of fused-ring (bicyclic) bond motifs is 3. The van der Waals surface area contributed by atoms with Crippen molar-refractivity contribution in [3.63, 3.8) is 0 Å². The van der Waals surface area contributed by atoms with Crippen molar-refractivity contribution in [2.45, 2.75) is 85.5 Å². The normalized spacial score (nSPS) is 12.8. The number of carbonyl (C=O) groups is 3. The predicted molar refractivity (Wildman–Crippen MR) is 163 cm³/mol. The first kappa shape index (κ1) is 32.0. The summed E-state index contributed by atoms with van der Waals surface area (Å²) in [6.45, 7) is 19.6. The second-order valence-corrected chi connectivity index (χ2v) is 12.8. The van der Waals surface area contributed by atoms with Crippen LogP contribution in [-0.4, -0.2) is 41.0 Å². The van der Waals surface area contributed by atoms with Gasteiger partial charge in [-0.05, 0) is 115 Å². The average Bonchev–Trinajstić information content (AvgIpc) is 3.11. The highest BCUT2D eigenvalue weighted by atomic mass is 16.6. The van der Waals surface area contributed by atoms with E-state index in [1.807, 2.05) is 36.4 Å². The van der Waals surface area contributed by atoms with Gasteiger partial charge < -0.3 is 24.8 Å². The van der Waals surface area contributed by atoms with Gasteiger partial charge in [0.2, 0.25) is 5.96 Å². The second kappa shape index (κ2) is 12.1. The minimum atomic E-state index is -0.864. The number of nitrogens with one attached hydrogen (secondary N) is 4. The van der Waals surface area contributed by atoms with E-state index in [0.717, 1.165) is 27.9 Å². The third kappa shape index (κ3) is 10.1. The first-order valence-corrected chi connectivity index (χ1v) is 13.6. The summed E-state index contributed by atoms with van der Waals surface area (Å²) in [4.78, 5) is 40.8. The number of carbonyl (C=O) groups excluding carboxylic acids is 3. The van der Waals surface area contributed by atoms with Crippen LogP contribution in [0.2, 0.25) is 0 Å². The smallest absolute Gasteiger partial charge is 0.437 e. The van der Waals surface area contributed by atoms with Crippen LogP contribution in [0.4, 0.5) is 25.8 Å². The number of benzene rings is 2. The Morgan fingerprint density at radius 2 is 1.14 bits per heavy atom. The average molecular weight is 580 g/mol. The van der Waals surface area contributed by atoms with Crippen molar-refractivity contribution in [2.24, 2.45) is 4.99 Å². The van der Waals surface area contributed by atoms with E-state index >= 15 is 0 Å². The Hall–Kier alpha value is -4.54. The minimum absolute atomic E-state index is 0.128. The predicted octanol–water partition coefficient (Wildman–Crippen LogP) is 6.89. The van der Waals surface area contributed by atoms with E-state index in [1.54, 1.807) is 62.3 Å². The Bertz CT molecular complexity index is 1410. The summed E-state index contributed by atoms with van der Waals surface area (Å²) in [5, 5.41) is 11.2. The Labute approximate surface area is 247 Å². The topological polar surface area (TPSA) is 139 Å². The summed E-state index contributed by atoms with van der Waals surface area (Å²) >= 11 is 0. The lowest BCUT2D eigenvalue weighted by Crippen LogP contribution is -2.40. The maximum atomic E-state index is 12.4. The van der Waals surface area contributed by atoms with Crippen LogP contribution in [0.15, 0.2) is 53.8 Å². The van der Waals surface area contributed by atoms with E-state index in [4.69, 9.17) is 14.2 Å². The molecule has 0 heterocycles. The molecule has 2 aromatic rings. The van der Waals surface area contributed by atoms with Gasteiger partial charge in [-0.1, -0.05) is 18.7 Å². The van der Waals surface area contributed by atoms with Gasteiger partial charge in [0.25, 0.3) is 0 Å². The number of amides is 3. The van der Waals surface area contributed by atoms with Crippen LogP contribution in [0.3, 0.4) is 0 Å². The van der Waals surface area contributed by atoms with E-state index in [1.165, 1.54) is 0 Å². The molecule has 0 aliphatic heterocycles. The quantitative estimate of drug-likeness (QED) is 0.149. The third-order valence-electron chi connectivity index (χ3n) is 5.31. The fraction of sp³-hybridized carbons (Fsp3) is 0.419. The van der Waals surface area contributed by atoms with Crippen molar-refractivity contribution in [1.82, 2.24) is 10.6 Å². The van der Waals surface area contributed by atoms with Gasteiger partial charge in [-0.15, -0.1) is 4.99 Å². The monoisotopic (exact) mass is 579 g/mol. The number of ether oxygens (including phenoxy) is 3. The maximum Gasteiger partial charge on any atom is 0.437 e. The second-order valence-electron chi connectivity index (χ2n) is 12.8. The molecular formula is C31H41N5O6. The van der Waals surface area contributed by atoms with Gasteiger partial charge in [0.1, 0.15) is 22.6 Å².